The van der Waals surface area contributed by atoms with Crippen LogP contribution in [0.15, 0.2) is 18.2 Å². The lowest BCUT2D eigenvalue weighted by Gasteiger charge is -2.32. The minimum Gasteiger partial charge on any atom is -0.342 e. The summed E-state index contributed by atoms with van der Waals surface area (Å²) in [6.45, 7) is 4.12. The first-order valence-corrected chi connectivity index (χ1v) is 9.61. The van der Waals surface area contributed by atoms with Gasteiger partial charge in [-0.2, -0.15) is 0 Å². The third kappa shape index (κ3) is 2.95. The van der Waals surface area contributed by atoms with Crippen LogP contribution in [0.2, 0.25) is 0 Å². The predicted octanol–water partition coefficient (Wildman–Crippen LogP) is 1.51. The normalized spacial score (nSPS) is 26.7. The molecule has 0 bridgehead atoms. The number of amides is 3. The van der Waals surface area contributed by atoms with E-state index in [0.29, 0.717) is 32.7 Å². The smallest absolute Gasteiger partial charge is 0.254 e. The molecule has 1 aromatic carbocycles. The number of fused-ring (bicyclic) bond motifs is 1. The lowest BCUT2D eigenvalue weighted by atomic mass is 9.79. The molecule has 6 nitrogen and oxygen atoms in total. The van der Waals surface area contributed by atoms with Crippen molar-refractivity contribution in [3.8, 4) is 0 Å². The number of carbonyl (C=O) groups is 3. The highest BCUT2D eigenvalue weighted by Crippen LogP contribution is 2.45. The summed E-state index contributed by atoms with van der Waals surface area (Å²) >= 11 is 0. The van der Waals surface area contributed by atoms with Crippen molar-refractivity contribution >= 4 is 17.7 Å². The van der Waals surface area contributed by atoms with Crippen LogP contribution in [0.1, 0.15) is 30.1 Å². The molecule has 0 radical (unpaired) electrons. The number of hydrogen-bond acceptors (Lipinski definition) is 3. The molecule has 3 aliphatic rings. The minimum atomic E-state index is -1.07. The van der Waals surface area contributed by atoms with E-state index in [4.69, 9.17) is 0 Å². The number of benzene rings is 1. The van der Waals surface area contributed by atoms with E-state index in [9.17, 15) is 23.2 Å². The van der Waals surface area contributed by atoms with E-state index < -0.39 is 23.0 Å². The summed E-state index contributed by atoms with van der Waals surface area (Å²) in [7, 11) is 0. The molecule has 3 aliphatic heterocycles. The van der Waals surface area contributed by atoms with Gasteiger partial charge in [0.15, 0.2) is 11.6 Å². The van der Waals surface area contributed by atoms with Gasteiger partial charge in [-0.05, 0) is 31.0 Å². The summed E-state index contributed by atoms with van der Waals surface area (Å²) < 4.78 is 26.8. The molecule has 0 N–H and O–H groups in total. The van der Waals surface area contributed by atoms with Crippen molar-refractivity contribution in [2.24, 2.45) is 11.3 Å². The molecule has 0 aliphatic carbocycles. The molecule has 1 aromatic rings. The summed E-state index contributed by atoms with van der Waals surface area (Å²) in [4.78, 5) is 43.2. The van der Waals surface area contributed by atoms with Gasteiger partial charge in [-0.15, -0.1) is 0 Å². The standard InChI is InChI=1S/C20H23F2N3O3/c1-13(26)24-9-15-10-25(18(27)14-4-5-16(21)17(22)8-14)12-20(15,11-24)19(28)23-6-2-3-7-23/h4-5,8,15H,2-3,6-7,9-12H2,1H3. The molecule has 3 saturated heterocycles. The monoisotopic (exact) mass is 391 g/mol. The van der Waals surface area contributed by atoms with Gasteiger partial charge < -0.3 is 14.7 Å². The highest BCUT2D eigenvalue weighted by atomic mass is 19.2. The maximum atomic E-state index is 13.6. The number of hydrogen-bond donors (Lipinski definition) is 0. The molecule has 0 saturated carbocycles. The molecule has 3 heterocycles. The summed E-state index contributed by atoms with van der Waals surface area (Å²) in [5.74, 6) is -2.74. The molecule has 150 valence electrons. The predicted molar refractivity (Wildman–Crippen MR) is 96.3 cm³/mol. The Hall–Kier alpha value is -2.51. The first-order valence-electron chi connectivity index (χ1n) is 9.61. The van der Waals surface area contributed by atoms with Crippen LogP contribution in [0.5, 0.6) is 0 Å². The second-order valence-corrected chi connectivity index (χ2v) is 8.07. The molecule has 28 heavy (non-hydrogen) atoms. The Morgan fingerprint density at radius 2 is 1.61 bits per heavy atom. The largest absolute Gasteiger partial charge is 0.342 e. The zero-order valence-corrected chi connectivity index (χ0v) is 15.8. The van der Waals surface area contributed by atoms with Crippen LogP contribution in [0.25, 0.3) is 0 Å². The Morgan fingerprint density at radius 1 is 0.964 bits per heavy atom. The Balaban J connectivity index is 1.60. The third-order valence-corrected chi connectivity index (χ3v) is 6.33. The Kier molecular flexibility index (Phi) is 4.59. The topological polar surface area (TPSA) is 60.9 Å². The van der Waals surface area contributed by atoms with Crippen molar-refractivity contribution < 1.29 is 23.2 Å². The van der Waals surface area contributed by atoms with Crippen molar-refractivity contribution in [2.45, 2.75) is 19.8 Å². The summed E-state index contributed by atoms with van der Waals surface area (Å²) in [6.07, 6.45) is 1.92. The molecule has 0 spiro atoms. The van der Waals surface area contributed by atoms with Crippen LogP contribution >= 0.6 is 0 Å². The zero-order chi connectivity index (χ0) is 20.1. The zero-order valence-electron chi connectivity index (χ0n) is 15.8. The van der Waals surface area contributed by atoms with Crippen molar-refractivity contribution in [1.82, 2.24) is 14.7 Å². The van der Waals surface area contributed by atoms with Crippen molar-refractivity contribution in [3.63, 3.8) is 0 Å². The minimum absolute atomic E-state index is 0.000614. The van der Waals surface area contributed by atoms with E-state index >= 15 is 0 Å². The molecule has 2 atom stereocenters. The second kappa shape index (κ2) is 6.83. The van der Waals surface area contributed by atoms with Gasteiger partial charge in [0.25, 0.3) is 5.91 Å². The fraction of sp³-hybridized carbons (Fsp3) is 0.550. The maximum absolute atomic E-state index is 13.6. The van der Waals surface area contributed by atoms with Gasteiger partial charge in [0.05, 0.1) is 5.41 Å². The molecule has 3 amide bonds. The van der Waals surface area contributed by atoms with Crippen LogP contribution in [-0.2, 0) is 9.59 Å². The SMILES string of the molecule is CC(=O)N1CC2CN(C(=O)c3ccc(F)c(F)c3)CC2(C(=O)N2CCCC2)C1. The highest BCUT2D eigenvalue weighted by molar-refractivity contribution is 5.96. The number of rotatable bonds is 2. The highest BCUT2D eigenvalue weighted by Gasteiger charge is 2.59. The Labute approximate surface area is 162 Å². The summed E-state index contributed by atoms with van der Waals surface area (Å²) in [5, 5.41) is 0. The number of halogens is 2. The first kappa shape index (κ1) is 18.8. The van der Waals surface area contributed by atoms with Crippen LogP contribution in [0.4, 0.5) is 8.78 Å². The Morgan fingerprint density at radius 3 is 2.25 bits per heavy atom. The summed E-state index contributed by atoms with van der Waals surface area (Å²) in [5.41, 5.74) is -0.754. The quantitative estimate of drug-likeness (QED) is 0.768. The maximum Gasteiger partial charge on any atom is 0.254 e. The number of likely N-dealkylation sites (tertiary alicyclic amines) is 3. The van der Waals surface area contributed by atoms with Crippen molar-refractivity contribution in [3.05, 3.63) is 35.4 Å². The molecule has 2 unspecified atom stereocenters. The van der Waals surface area contributed by atoms with Gasteiger partial charge in [0, 0.05) is 57.7 Å². The van der Waals surface area contributed by atoms with Crippen LogP contribution in [0.3, 0.4) is 0 Å². The molecule has 0 aromatic heterocycles. The fourth-order valence-corrected chi connectivity index (χ4v) is 4.81. The van der Waals surface area contributed by atoms with Gasteiger partial charge in [-0.25, -0.2) is 8.78 Å². The number of carbonyl (C=O) groups excluding carboxylic acids is 3. The van der Waals surface area contributed by atoms with Crippen LogP contribution in [0, 0.1) is 23.0 Å². The van der Waals surface area contributed by atoms with E-state index in [0.717, 1.165) is 25.0 Å². The van der Waals surface area contributed by atoms with E-state index in [1.165, 1.54) is 13.0 Å². The van der Waals surface area contributed by atoms with Gasteiger partial charge in [0.1, 0.15) is 0 Å². The van der Waals surface area contributed by atoms with Crippen LogP contribution in [-0.4, -0.2) is 71.7 Å². The average molecular weight is 391 g/mol. The van der Waals surface area contributed by atoms with Gasteiger partial charge >= 0.3 is 0 Å². The van der Waals surface area contributed by atoms with E-state index in [-0.39, 0.29) is 29.8 Å². The second-order valence-electron chi connectivity index (χ2n) is 8.07. The number of nitrogens with zero attached hydrogens (tertiary/aromatic N) is 3. The molecule has 8 heteroatoms. The molecule has 3 fully saturated rings. The Bertz CT molecular complexity index is 840. The van der Waals surface area contributed by atoms with E-state index in [1.54, 1.807) is 9.80 Å². The third-order valence-electron chi connectivity index (χ3n) is 6.33. The van der Waals surface area contributed by atoms with Crippen LogP contribution < -0.4 is 0 Å². The lowest BCUT2D eigenvalue weighted by molar-refractivity contribution is -0.141. The first-order chi connectivity index (χ1) is 13.3. The fourth-order valence-electron chi connectivity index (χ4n) is 4.81. The van der Waals surface area contributed by atoms with Crippen molar-refractivity contribution in [1.29, 1.82) is 0 Å². The molecule has 4 rings (SSSR count). The van der Waals surface area contributed by atoms with Crippen molar-refractivity contribution in [2.75, 3.05) is 39.3 Å². The van der Waals surface area contributed by atoms with E-state index in [1.807, 2.05) is 4.90 Å². The van der Waals surface area contributed by atoms with E-state index in [2.05, 4.69) is 0 Å². The van der Waals surface area contributed by atoms with Gasteiger partial charge in [-0.1, -0.05) is 0 Å². The molecular formula is C20H23F2N3O3. The molecular weight excluding hydrogens is 368 g/mol. The lowest BCUT2D eigenvalue weighted by Crippen LogP contribution is -2.49. The average Bonchev–Trinajstić information content (AvgIpc) is 3.37. The summed E-state index contributed by atoms with van der Waals surface area (Å²) in [6, 6.07) is 3.08. The van der Waals surface area contributed by atoms with Gasteiger partial charge in [0.2, 0.25) is 11.8 Å². The van der Waals surface area contributed by atoms with Gasteiger partial charge in [-0.3, -0.25) is 14.4 Å².